The first-order chi connectivity index (χ1) is 10.2. The van der Waals surface area contributed by atoms with Gasteiger partial charge in [-0.05, 0) is 0 Å². The van der Waals surface area contributed by atoms with Crippen LogP contribution < -0.4 is 17.2 Å². The molecule has 0 amide bonds. The van der Waals surface area contributed by atoms with E-state index >= 15 is 0 Å². The number of hydrogen-bond acceptors (Lipinski definition) is 7. The molecule has 0 unspecified atom stereocenters. The van der Waals surface area contributed by atoms with Gasteiger partial charge in [-0.25, -0.2) is 13.4 Å². The number of thioether (sulfide) groups is 1. The first-order valence-electron chi connectivity index (χ1n) is 5.94. The number of nitrogens with zero attached hydrogens (tertiary/aromatic N) is 5. The lowest BCUT2D eigenvalue weighted by Crippen LogP contribution is -2.36. The molecule has 0 saturated carbocycles. The van der Waals surface area contributed by atoms with Gasteiger partial charge in [0.25, 0.3) is 10.0 Å². The van der Waals surface area contributed by atoms with E-state index in [0.717, 1.165) is 17.8 Å². The molecule has 1 heterocycles. The molecule has 1 rings (SSSR count). The molecule has 0 aliphatic heterocycles. The van der Waals surface area contributed by atoms with Gasteiger partial charge in [0.15, 0.2) is 11.8 Å². The molecule has 1 aromatic heterocycles. The second-order valence-corrected chi connectivity index (χ2v) is 7.67. The van der Waals surface area contributed by atoms with Crippen LogP contribution in [0.4, 0.5) is 5.13 Å². The summed E-state index contributed by atoms with van der Waals surface area (Å²) in [6.45, 7) is 0.542. The first-order valence-corrected chi connectivity index (χ1v) is 9.71. The van der Waals surface area contributed by atoms with E-state index in [1.807, 2.05) is 0 Å². The zero-order valence-corrected chi connectivity index (χ0v) is 14.6. The molecule has 13 heteroatoms. The summed E-state index contributed by atoms with van der Waals surface area (Å²) < 4.78 is 29.5. The van der Waals surface area contributed by atoms with Crippen molar-refractivity contribution in [2.24, 2.45) is 26.6 Å². The van der Waals surface area contributed by atoms with Gasteiger partial charge in [0, 0.05) is 30.9 Å². The van der Waals surface area contributed by atoms with Crippen molar-refractivity contribution >= 4 is 50.4 Å². The van der Waals surface area contributed by atoms with Crippen LogP contribution in [0.15, 0.2) is 9.39 Å². The van der Waals surface area contributed by atoms with Crippen molar-refractivity contribution in [3.8, 4) is 0 Å². The van der Waals surface area contributed by atoms with E-state index in [0.29, 0.717) is 29.0 Å². The van der Waals surface area contributed by atoms with Crippen LogP contribution >= 0.6 is 23.3 Å². The molecule has 10 nitrogen and oxygen atoms in total. The molecular weight excluding hydrogens is 348 g/mol. The standard InChI is InChI=1S/C9H18N8O2S3/c1-17(8(12)16-22(2,18)19)3-4-20-5-6-13-9(21-15-6)14-7(10)11/h3-5H2,1-2H3,(H2,12,16)(H4,10,11,13,14,15). The summed E-state index contributed by atoms with van der Waals surface area (Å²) in [4.78, 5) is 9.52. The third kappa shape index (κ3) is 7.42. The number of aliphatic imine (C=N–C) groups is 1. The normalized spacial score (nSPS) is 12.2. The number of nitrogens with two attached hydrogens (primary N) is 3. The summed E-state index contributed by atoms with van der Waals surface area (Å²) in [7, 11) is -1.82. The van der Waals surface area contributed by atoms with Crippen LogP contribution in [-0.4, -0.2) is 60.2 Å². The molecule has 0 atom stereocenters. The molecule has 0 radical (unpaired) electrons. The first kappa shape index (κ1) is 18.4. The second kappa shape index (κ2) is 8.14. The Morgan fingerprint density at radius 3 is 2.68 bits per heavy atom. The fourth-order valence-corrected chi connectivity index (χ4v) is 3.18. The van der Waals surface area contributed by atoms with Crippen LogP contribution in [0.5, 0.6) is 0 Å². The minimum Gasteiger partial charge on any atom is -0.370 e. The summed E-state index contributed by atoms with van der Waals surface area (Å²) in [5, 5.41) is 0.414. The Morgan fingerprint density at radius 1 is 1.41 bits per heavy atom. The lowest BCUT2D eigenvalue weighted by molar-refractivity contribution is 0.533. The minimum absolute atomic E-state index is 0.0371. The van der Waals surface area contributed by atoms with Gasteiger partial charge in [0.05, 0.1) is 12.0 Å². The monoisotopic (exact) mass is 366 g/mol. The summed E-state index contributed by atoms with van der Waals surface area (Å²) in [5.74, 6) is 1.83. The van der Waals surface area contributed by atoms with Crippen molar-refractivity contribution in [3.05, 3.63) is 5.82 Å². The molecule has 0 aromatic carbocycles. The fraction of sp³-hybridized carbons (Fsp3) is 0.556. The molecular formula is C9H18N8O2S3. The predicted molar refractivity (Wildman–Crippen MR) is 90.6 cm³/mol. The van der Waals surface area contributed by atoms with Crippen LogP contribution in [0, 0.1) is 0 Å². The zero-order valence-electron chi connectivity index (χ0n) is 12.1. The van der Waals surface area contributed by atoms with Crippen LogP contribution in [0.2, 0.25) is 0 Å². The highest BCUT2D eigenvalue weighted by atomic mass is 32.2. The lowest BCUT2D eigenvalue weighted by Gasteiger charge is -2.16. The van der Waals surface area contributed by atoms with E-state index in [1.54, 1.807) is 23.7 Å². The number of guanidine groups is 2. The van der Waals surface area contributed by atoms with Crippen molar-refractivity contribution in [1.29, 1.82) is 0 Å². The second-order valence-electron chi connectivity index (χ2n) is 4.19. The van der Waals surface area contributed by atoms with Gasteiger partial charge in [-0.1, -0.05) is 0 Å². The van der Waals surface area contributed by atoms with Gasteiger partial charge < -0.3 is 22.1 Å². The lowest BCUT2D eigenvalue weighted by atomic mass is 10.6. The Hall–Kier alpha value is -1.60. The van der Waals surface area contributed by atoms with Crippen molar-refractivity contribution in [3.63, 3.8) is 0 Å². The van der Waals surface area contributed by atoms with Gasteiger partial charge >= 0.3 is 0 Å². The van der Waals surface area contributed by atoms with E-state index in [2.05, 4.69) is 18.7 Å². The summed E-state index contributed by atoms with van der Waals surface area (Å²) in [5.41, 5.74) is 16.1. The molecule has 6 N–H and O–H groups in total. The number of hydrogen-bond donors (Lipinski definition) is 3. The molecule has 0 aliphatic rings. The smallest absolute Gasteiger partial charge is 0.253 e. The predicted octanol–water partition coefficient (Wildman–Crippen LogP) is -1.12. The quantitative estimate of drug-likeness (QED) is 0.308. The fourth-order valence-electron chi connectivity index (χ4n) is 1.18. The Labute approximate surface area is 137 Å². The summed E-state index contributed by atoms with van der Waals surface area (Å²) in [6.07, 6.45) is 0.991. The van der Waals surface area contributed by atoms with E-state index in [4.69, 9.17) is 17.2 Å². The molecule has 124 valence electrons. The molecule has 0 aliphatic carbocycles. The van der Waals surface area contributed by atoms with Crippen molar-refractivity contribution in [2.75, 3.05) is 25.6 Å². The third-order valence-electron chi connectivity index (χ3n) is 2.13. The van der Waals surface area contributed by atoms with Crippen molar-refractivity contribution in [2.45, 2.75) is 5.75 Å². The van der Waals surface area contributed by atoms with Crippen LogP contribution in [0.25, 0.3) is 0 Å². The summed E-state index contributed by atoms with van der Waals surface area (Å²) >= 11 is 2.69. The van der Waals surface area contributed by atoms with Crippen molar-refractivity contribution < 1.29 is 8.42 Å². The highest BCUT2D eigenvalue weighted by molar-refractivity contribution is 7.98. The Balaban J connectivity index is 2.38. The molecule has 0 saturated heterocycles. The van der Waals surface area contributed by atoms with Gasteiger partial charge in [0.2, 0.25) is 11.1 Å². The Kier molecular flexibility index (Phi) is 6.83. The maximum absolute atomic E-state index is 11.0. The van der Waals surface area contributed by atoms with Gasteiger partial charge in [-0.2, -0.15) is 21.1 Å². The largest absolute Gasteiger partial charge is 0.370 e. The highest BCUT2D eigenvalue weighted by Crippen LogP contribution is 2.17. The van der Waals surface area contributed by atoms with Crippen molar-refractivity contribution in [1.82, 2.24) is 14.3 Å². The number of aromatic nitrogens is 2. The maximum Gasteiger partial charge on any atom is 0.253 e. The molecule has 1 aromatic rings. The maximum atomic E-state index is 11.0. The van der Waals surface area contributed by atoms with Gasteiger partial charge in [-0.3, -0.25) is 0 Å². The van der Waals surface area contributed by atoms with E-state index in [-0.39, 0.29) is 11.9 Å². The SMILES string of the molecule is CN(CCSCc1nsc(N=C(N)N)n1)C(N)=NS(C)(=O)=O. The summed E-state index contributed by atoms with van der Waals surface area (Å²) in [6, 6.07) is 0. The average Bonchev–Trinajstić information content (AvgIpc) is 2.79. The van der Waals surface area contributed by atoms with Crippen LogP contribution in [0.1, 0.15) is 5.82 Å². The highest BCUT2D eigenvalue weighted by Gasteiger charge is 2.07. The van der Waals surface area contributed by atoms with Crippen LogP contribution in [0.3, 0.4) is 0 Å². The van der Waals surface area contributed by atoms with Crippen LogP contribution in [-0.2, 0) is 15.8 Å². The number of rotatable bonds is 7. The Bertz CT molecular complexity index is 650. The number of sulfonamides is 1. The van der Waals surface area contributed by atoms with E-state index in [9.17, 15) is 8.42 Å². The molecule has 22 heavy (non-hydrogen) atoms. The van der Waals surface area contributed by atoms with E-state index in [1.165, 1.54) is 0 Å². The third-order valence-corrected chi connectivity index (χ3v) is 4.23. The van der Waals surface area contributed by atoms with Gasteiger partial charge in [-0.15, -0.1) is 4.40 Å². The Morgan fingerprint density at radius 2 is 2.09 bits per heavy atom. The molecule has 0 fully saturated rings. The molecule has 0 bridgehead atoms. The zero-order chi connectivity index (χ0) is 16.8. The minimum atomic E-state index is -3.49. The topological polar surface area (TPSA) is 166 Å². The van der Waals surface area contributed by atoms with Gasteiger partial charge in [0.1, 0.15) is 0 Å². The van der Waals surface area contributed by atoms with E-state index < -0.39 is 10.0 Å². The average molecular weight is 366 g/mol. The molecule has 0 spiro atoms.